The number of rotatable bonds is 3. The summed E-state index contributed by atoms with van der Waals surface area (Å²) >= 11 is 0. The normalized spacial score (nSPS) is 26.4. The van der Waals surface area contributed by atoms with Gasteiger partial charge in [-0.05, 0) is 30.5 Å². The van der Waals surface area contributed by atoms with E-state index in [9.17, 15) is 0 Å². The second-order valence-corrected chi connectivity index (χ2v) is 4.77. The van der Waals surface area contributed by atoms with Crippen molar-refractivity contribution in [2.45, 2.75) is 37.9 Å². The SMILES string of the molecule is N[C@@H]1CCC[C@H]1NCc1ccc2c(c1)OCO2. The van der Waals surface area contributed by atoms with E-state index in [0.29, 0.717) is 18.9 Å². The summed E-state index contributed by atoms with van der Waals surface area (Å²) < 4.78 is 10.6. The topological polar surface area (TPSA) is 56.5 Å². The summed E-state index contributed by atoms with van der Waals surface area (Å²) in [5.74, 6) is 1.69. The fraction of sp³-hybridized carbons (Fsp3) is 0.538. The molecule has 1 aromatic carbocycles. The van der Waals surface area contributed by atoms with Crippen molar-refractivity contribution in [2.75, 3.05) is 6.79 Å². The zero-order valence-electron chi connectivity index (χ0n) is 9.82. The van der Waals surface area contributed by atoms with Gasteiger partial charge in [-0.2, -0.15) is 0 Å². The van der Waals surface area contributed by atoms with Crippen LogP contribution in [0.5, 0.6) is 11.5 Å². The van der Waals surface area contributed by atoms with E-state index in [1.165, 1.54) is 18.4 Å². The zero-order valence-corrected chi connectivity index (χ0v) is 9.82. The zero-order chi connectivity index (χ0) is 11.7. The molecule has 3 rings (SSSR count). The predicted molar refractivity (Wildman–Crippen MR) is 65.0 cm³/mol. The molecule has 0 saturated heterocycles. The van der Waals surface area contributed by atoms with Crippen LogP contribution in [0.2, 0.25) is 0 Å². The molecule has 4 heteroatoms. The highest BCUT2D eigenvalue weighted by Gasteiger charge is 2.23. The molecule has 4 nitrogen and oxygen atoms in total. The minimum Gasteiger partial charge on any atom is -0.454 e. The largest absolute Gasteiger partial charge is 0.454 e. The maximum atomic E-state index is 6.03. The van der Waals surface area contributed by atoms with Crippen LogP contribution in [0.15, 0.2) is 18.2 Å². The quantitative estimate of drug-likeness (QED) is 0.829. The third kappa shape index (κ3) is 2.23. The van der Waals surface area contributed by atoms with Gasteiger partial charge in [0.2, 0.25) is 6.79 Å². The van der Waals surface area contributed by atoms with Crippen molar-refractivity contribution < 1.29 is 9.47 Å². The van der Waals surface area contributed by atoms with Crippen molar-refractivity contribution in [1.29, 1.82) is 0 Å². The van der Waals surface area contributed by atoms with Gasteiger partial charge in [-0.3, -0.25) is 0 Å². The molecule has 1 aliphatic heterocycles. The second kappa shape index (κ2) is 4.55. The standard InChI is InChI=1S/C13H18N2O2/c14-10-2-1-3-11(10)15-7-9-4-5-12-13(6-9)17-8-16-12/h4-6,10-11,15H,1-3,7-8,14H2/t10-,11-/m1/s1. The van der Waals surface area contributed by atoms with Gasteiger partial charge in [-0.25, -0.2) is 0 Å². The molecule has 17 heavy (non-hydrogen) atoms. The van der Waals surface area contributed by atoms with Gasteiger partial charge in [0.1, 0.15) is 0 Å². The van der Waals surface area contributed by atoms with Crippen molar-refractivity contribution in [3.63, 3.8) is 0 Å². The molecule has 2 atom stereocenters. The van der Waals surface area contributed by atoms with E-state index in [-0.39, 0.29) is 0 Å². The van der Waals surface area contributed by atoms with E-state index in [4.69, 9.17) is 15.2 Å². The molecule has 1 aliphatic carbocycles. The molecular weight excluding hydrogens is 216 g/mol. The van der Waals surface area contributed by atoms with Crippen LogP contribution in [-0.4, -0.2) is 18.9 Å². The van der Waals surface area contributed by atoms with Gasteiger partial charge in [-0.15, -0.1) is 0 Å². The van der Waals surface area contributed by atoms with Gasteiger partial charge in [-0.1, -0.05) is 12.5 Å². The van der Waals surface area contributed by atoms with Crippen molar-refractivity contribution in [1.82, 2.24) is 5.32 Å². The van der Waals surface area contributed by atoms with Crippen LogP contribution in [0.3, 0.4) is 0 Å². The summed E-state index contributed by atoms with van der Waals surface area (Å²) in [6.45, 7) is 1.18. The highest BCUT2D eigenvalue weighted by molar-refractivity contribution is 5.44. The Hall–Kier alpha value is -1.26. The Balaban J connectivity index is 1.61. The van der Waals surface area contributed by atoms with E-state index in [2.05, 4.69) is 11.4 Å². The first-order valence-electron chi connectivity index (χ1n) is 6.20. The molecule has 0 radical (unpaired) electrons. The van der Waals surface area contributed by atoms with Gasteiger partial charge in [0, 0.05) is 18.6 Å². The number of benzene rings is 1. The summed E-state index contributed by atoms with van der Waals surface area (Å²) in [5, 5.41) is 3.52. The van der Waals surface area contributed by atoms with Crippen molar-refractivity contribution in [3.05, 3.63) is 23.8 Å². The Morgan fingerprint density at radius 3 is 2.94 bits per heavy atom. The molecule has 0 amide bonds. The van der Waals surface area contributed by atoms with Crippen LogP contribution in [0, 0.1) is 0 Å². The van der Waals surface area contributed by atoms with Gasteiger partial charge in [0.05, 0.1) is 0 Å². The predicted octanol–water partition coefficient (Wildman–Crippen LogP) is 1.38. The first-order valence-corrected chi connectivity index (χ1v) is 6.20. The molecule has 2 aliphatic rings. The third-order valence-corrected chi connectivity index (χ3v) is 3.57. The summed E-state index contributed by atoms with van der Waals surface area (Å²) in [4.78, 5) is 0. The highest BCUT2D eigenvalue weighted by atomic mass is 16.7. The third-order valence-electron chi connectivity index (χ3n) is 3.57. The van der Waals surface area contributed by atoms with Gasteiger partial charge in [0.15, 0.2) is 11.5 Å². The summed E-state index contributed by atoms with van der Waals surface area (Å²) in [6.07, 6.45) is 3.56. The van der Waals surface area contributed by atoms with Crippen molar-refractivity contribution in [3.8, 4) is 11.5 Å². The van der Waals surface area contributed by atoms with Crippen LogP contribution < -0.4 is 20.5 Å². The number of fused-ring (bicyclic) bond motifs is 1. The van der Waals surface area contributed by atoms with E-state index in [1.54, 1.807) is 0 Å². The highest BCUT2D eigenvalue weighted by Crippen LogP contribution is 2.32. The molecule has 1 saturated carbocycles. The molecule has 1 heterocycles. The van der Waals surface area contributed by atoms with E-state index in [1.807, 2.05) is 12.1 Å². The molecule has 0 aromatic heterocycles. The maximum Gasteiger partial charge on any atom is 0.231 e. The monoisotopic (exact) mass is 234 g/mol. The van der Waals surface area contributed by atoms with Crippen LogP contribution in [0.1, 0.15) is 24.8 Å². The molecule has 1 fully saturated rings. The second-order valence-electron chi connectivity index (χ2n) is 4.77. The number of hydrogen-bond donors (Lipinski definition) is 2. The molecule has 3 N–H and O–H groups in total. The molecule has 0 bridgehead atoms. The Bertz CT molecular complexity index is 408. The van der Waals surface area contributed by atoms with Crippen molar-refractivity contribution in [2.24, 2.45) is 5.73 Å². The van der Waals surface area contributed by atoms with Crippen LogP contribution >= 0.6 is 0 Å². The molecule has 0 unspecified atom stereocenters. The van der Waals surface area contributed by atoms with Gasteiger partial charge >= 0.3 is 0 Å². The minimum absolute atomic E-state index is 0.309. The maximum absolute atomic E-state index is 6.03. The first kappa shape index (κ1) is 10.9. The molecule has 0 spiro atoms. The minimum atomic E-state index is 0.309. The number of ether oxygens (including phenoxy) is 2. The lowest BCUT2D eigenvalue weighted by Gasteiger charge is -2.17. The van der Waals surface area contributed by atoms with Crippen LogP contribution in [-0.2, 0) is 6.54 Å². The lowest BCUT2D eigenvalue weighted by Crippen LogP contribution is -2.40. The van der Waals surface area contributed by atoms with Crippen LogP contribution in [0.25, 0.3) is 0 Å². The number of nitrogens with one attached hydrogen (secondary N) is 1. The van der Waals surface area contributed by atoms with Gasteiger partial charge < -0.3 is 20.5 Å². The Kier molecular flexibility index (Phi) is 2.91. The van der Waals surface area contributed by atoms with Crippen molar-refractivity contribution >= 4 is 0 Å². The molecular formula is C13H18N2O2. The average molecular weight is 234 g/mol. The lowest BCUT2D eigenvalue weighted by molar-refractivity contribution is 0.174. The summed E-state index contributed by atoms with van der Waals surface area (Å²) in [6, 6.07) is 6.84. The Labute approximate surface area is 101 Å². The summed E-state index contributed by atoms with van der Waals surface area (Å²) in [7, 11) is 0. The van der Waals surface area contributed by atoms with E-state index in [0.717, 1.165) is 24.5 Å². The smallest absolute Gasteiger partial charge is 0.231 e. The molecule has 1 aromatic rings. The van der Waals surface area contributed by atoms with E-state index < -0.39 is 0 Å². The van der Waals surface area contributed by atoms with Crippen LogP contribution in [0.4, 0.5) is 0 Å². The summed E-state index contributed by atoms with van der Waals surface area (Å²) in [5.41, 5.74) is 7.24. The Morgan fingerprint density at radius 2 is 2.12 bits per heavy atom. The van der Waals surface area contributed by atoms with Gasteiger partial charge in [0.25, 0.3) is 0 Å². The molecule has 92 valence electrons. The first-order chi connectivity index (χ1) is 8.33. The fourth-order valence-electron chi connectivity index (χ4n) is 2.54. The number of nitrogens with two attached hydrogens (primary N) is 1. The lowest BCUT2D eigenvalue weighted by atomic mass is 10.1. The average Bonchev–Trinajstić information content (AvgIpc) is 2.94. The Morgan fingerprint density at radius 1 is 1.24 bits per heavy atom. The number of hydrogen-bond acceptors (Lipinski definition) is 4. The fourth-order valence-corrected chi connectivity index (χ4v) is 2.54. The van der Waals surface area contributed by atoms with E-state index >= 15 is 0 Å².